The lowest BCUT2D eigenvalue weighted by Crippen LogP contribution is -2.45. The highest BCUT2D eigenvalue weighted by Crippen LogP contribution is 2.42. The maximum atomic E-state index is 14.9. The molecule has 0 spiro atoms. The Hall–Kier alpha value is -2.54. The topological polar surface area (TPSA) is 90.4 Å². The van der Waals surface area contributed by atoms with Gasteiger partial charge in [0.1, 0.15) is 17.4 Å². The van der Waals surface area contributed by atoms with Gasteiger partial charge in [0.25, 0.3) is 5.91 Å². The molecule has 3 amide bonds. The van der Waals surface area contributed by atoms with Crippen LogP contribution in [0, 0.1) is 5.82 Å². The molecule has 4 unspecified atom stereocenters. The lowest BCUT2D eigenvalue weighted by atomic mass is 10.2. The van der Waals surface area contributed by atoms with Crippen molar-refractivity contribution in [2.24, 2.45) is 4.99 Å². The van der Waals surface area contributed by atoms with Crippen LogP contribution in [-0.4, -0.2) is 66.0 Å². The number of hydrogen-bond donors (Lipinski definition) is 0. The maximum Gasteiger partial charge on any atom is 0.337 e. The molecule has 8 nitrogen and oxygen atoms in total. The molecule has 1 saturated heterocycles. The molecule has 1 fully saturated rings. The Labute approximate surface area is 266 Å². The number of likely N-dealkylation sites (N-methyl/N-ethyl adjacent to an activating group) is 1. The second kappa shape index (κ2) is 13.0. The lowest BCUT2D eigenvalue weighted by Gasteiger charge is -2.37. The fraction of sp³-hybridized carbons (Fsp3) is 0.222. The first kappa shape index (κ1) is 32.4. The fourth-order valence-corrected chi connectivity index (χ4v) is 5.78. The second-order valence-electron chi connectivity index (χ2n) is 9.02. The Kier molecular flexibility index (Phi) is 10.0. The first-order valence-electron chi connectivity index (χ1n) is 12.0. The third kappa shape index (κ3) is 6.66. The van der Waals surface area contributed by atoms with Gasteiger partial charge in [-0.15, -0.1) is 11.6 Å². The number of carbonyl (C=O) groups excluding carboxylic acids is 2. The number of halogens is 5. The lowest BCUT2D eigenvalue weighted by molar-refractivity contribution is -0.119. The highest BCUT2D eigenvalue weighted by Gasteiger charge is 2.46. The Morgan fingerprint density at radius 1 is 0.881 bits per heavy atom. The Bertz CT molecular complexity index is 1560. The second-order valence-corrected chi connectivity index (χ2v) is 14.6. The maximum absolute atomic E-state index is 14.9. The van der Waals surface area contributed by atoms with Gasteiger partial charge in [-0.05, 0) is 48.5 Å². The van der Waals surface area contributed by atoms with Crippen LogP contribution in [0.3, 0.4) is 0 Å². The number of amides is 3. The summed E-state index contributed by atoms with van der Waals surface area (Å²) >= 11 is 25.6. The minimum atomic E-state index is -2.18. The quantitative estimate of drug-likeness (QED) is 0.206. The average molecular weight is 692 g/mol. The zero-order valence-electron chi connectivity index (χ0n) is 22.2. The number of urea groups is 1. The zero-order valence-corrected chi connectivity index (χ0v) is 26.9. The third-order valence-corrected chi connectivity index (χ3v) is 9.66. The van der Waals surface area contributed by atoms with E-state index in [2.05, 4.69) is 4.99 Å². The van der Waals surface area contributed by atoms with Crippen LogP contribution < -0.4 is 9.80 Å². The molecule has 0 aromatic heterocycles. The van der Waals surface area contributed by atoms with Crippen molar-refractivity contribution >= 4 is 103 Å². The number of anilines is 3. The van der Waals surface area contributed by atoms with Gasteiger partial charge in [0.15, 0.2) is 0 Å². The number of amidine groups is 1. The molecule has 0 aliphatic carbocycles. The average Bonchev–Trinajstić information content (AvgIpc) is 3.15. The number of hydrogen-bond acceptors (Lipinski definition) is 6. The Morgan fingerprint density at radius 3 is 1.88 bits per heavy atom. The highest BCUT2D eigenvalue weighted by atomic mass is 35.6. The van der Waals surface area contributed by atoms with Gasteiger partial charge in [-0.1, -0.05) is 59.1 Å². The predicted molar refractivity (Wildman–Crippen MR) is 168 cm³/mol. The number of imide groups is 1. The Balaban J connectivity index is 2.04. The van der Waals surface area contributed by atoms with Crippen molar-refractivity contribution in [2.45, 2.75) is 25.1 Å². The molecule has 1 heterocycles. The number of alkyl halides is 4. The van der Waals surface area contributed by atoms with Crippen LogP contribution in [0.4, 0.5) is 26.2 Å². The monoisotopic (exact) mass is 690 g/mol. The molecule has 4 rings (SSSR count). The van der Waals surface area contributed by atoms with E-state index >= 15 is 0 Å². The van der Waals surface area contributed by atoms with Crippen LogP contribution in [0.2, 0.25) is 0 Å². The summed E-state index contributed by atoms with van der Waals surface area (Å²) < 4.78 is 37.5. The van der Waals surface area contributed by atoms with Crippen LogP contribution in [-0.2, 0) is 26.4 Å². The van der Waals surface area contributed by atoms with E-state index in [1.54, 1.807) is 48.5 Å². The van der Waals surface area contributed by atoms with E-state index in [0.29, 0.717) is 21.2 Å². The van der Waals surface area contributed by atoms with Gasteiger partial charge in [-0.2, -0.15) is 0 Å². The van der Waals surface area contributed by atoms with E-state index in [0.717, 1.165) is 15.9 Å². The van der Waals surface area contributed by atoms with Crippen LogP contribution in [0.15, 0.2) is 87.6 Å². The minimum absolute atomic E-state index is 0.226. The molecule has 1 aliphatic heterocycles. The summed E-state index contributed by atoms with van der Waals surface area (Å²) in [6.07, 6.45) is 1.56. The van der Waals surface area contributed by atoms with Crippen LogP contribution in [0.25, 0.3) is 0 Å². The molecule has 1 aliphatic rings. The van der Waals surface area contributed by atoms with Crippen molar-refractivity contribution in [3.8, 4) is 0 Å². The van der Waals surface area contributed by atoms with E-state index in [9.17, 15) is 22.4 Å². The van der Waals surface area contributed by atoms with Crippen molar-refractivity contribution in [1.29, 1.82) is 0 Å². The first-order chi connectivity index (χ1) is 19.7. The smallest absolute Gasteiger partial charge is 0.317 e. The van der Waals surface area contributed by atoms with Crippen molar-refractivity contribution < 1.29 is 22.4 Å². The standard InChI is InChI=1S/C27H23Cl4FN4O4S2/c1-34-25(37)24(36(26(34)38)21-13-5-4-12-20(21)32)33-23(22(28)27(29,30)31)35(16-8-6-10-18(14-16)41(2)39)17-9-7-11-19(15-17)42(3)40/h4-15,22-23H,1-3H3/b33-24+. The fourth-order valence-electron chi connectivity index (χ4n) is 4.16. The normalized spacial score (nSPS) is 17.9. The summed E-state index contributed by atoms with van der Waals surface area (Å²) in [5.41, 5.74) is 0.521. The van der Waals surface area contributed by atoms with Gasteiger partial charge in [0, 0.05) is 62.3 Å². The molecule has 0 bridgehead atoms. The summed E-state index contributed by atoms with van der Waals surface area (Å²) in [7, 11) is -1.57. The molecular weight excluding hydrogens is 669 g/mol. The molecule has 0 radical (unpaired) electrons. The highest BCUT2D eigenvalue weighted by molar-refractivity contribution is 7.84. The SMILES string of the molecule is CN1C(=O)/C(=N\C(C(Cl)C(Cl)(Cl)Cl)N(c2cccc(S(C)=O)c2)c2cccc(S(C)=O)c2)N(c2ccccc2F)C1=O. The summed E-state index contributed by atoms with van der Waals surface area (Å²) in [6.45, 7) is 0. The van der Waals surface area contributed by atoms with Crippen molar-refractivity contribution in [1.82, 2.24) is 4.90 Å². The van der Waals surface area contributed by atoms with Gasteiger partial charge < -0.3 is 4.90 Å². The van der Waals surface area contributed by atoms with Gasteiger partial charge in [-0.3, -0.25) is 18.1 Å². The van der Waals surface area contributed by atoms with Crippen molar-refractivity contribution in [3.05, 3.63) is 78.6 Å². The largest absolute Gasteiger partial charge is 0.337 e. The van der Waals surface area contributed by atoms with E-state index in [1.165, 1.54) is 42.7 Å². The molecule has 0 saturated carbocycles. The predicted octanol–water partition coefficient (Wildman–Crippen LogP) is 6.24. The first-order valence-corrected chi connectivity index (χ1v) is 16.7. The Morgan fingerprint density at radius 2 is 1.40 bits per heavy atom. The molecule has 0 N–H and O–H groups in total. The van der Waals surface area contributed by atoms with E-state index in [1.807, 2.05) is 0 Å². The van der Waals surface area contributed by atoms with E-state index in [-0.39, 0.29) is 5.69 Å². The molecule has 3 aromatic rings. The molecule has 3 aromatic carbocycles. The van der Waals surface area contributed by atoms with Crippen LogP contribution in [0.5, 0.6) is 0 Å². The summed E-state index contributed by atoms with van der Waals surface area (Å²) in [6, 6.07) is 17.6. The van der Waals surface area contributed by atoms with Gasteiger partial charge in [0.2, 0.25) is 9.63 Å². The zero-order chi connectivity index (χ0) is 30.9. The number of benzene rings is 3. The van der Waals surface area contributed by atoms with Crippen molar-refractivity contribution in [3.63, 3.8) is 0 Å². The molecule has 15 heteroatoms. The number of rotatable bonds is 8. The molecular formula is C27H23Cl4FN4O4S2. The number of para-hydroxylation sites is 1. The minimum Gasteiger partial charge on any atom is -0.317 e. The third-order valence-electron chi connectivity index (χ3n) is 6.23. The van der Waals surface area contributed by atoms with E-state index in [4.69, 9.17) is 46.4 Å². The van der Waals surface area contributed by atoms with Crippen LogP contribution >= 0.6 is 46.4 Å². The number of nitrogens with zero attached hydrogens (tertiary/aromatic N) is 4. The number of aliphatic imine (C=N–C) groups is 1. The van der Waals surface area contributed by atoms with Crippen LogP contribution in [0.1, 0.15) is 0 Å². The van der Waals surface area contributed by atoms with Gasteiger partial charge >= 0.3 is 6.03 Å². The summed E-state index contributed by atoms with van der Waals surface area (Å²) in [5, 5.41) is -1.49. The molecule has 4 atom stereocenters. The van der Waals surface area contributed by atoms with Gasteiger partial charge in [-0.25, -0.2) is 19.1 Å². The summed E-state index contributed by atoms with van der Waals surface area (Å²) in [4.78, 5) is 35.1. The van der Waals surface area contributed by atoms with Gasteiger partial charge in [0.05, 0.1) is 5.69 Å². The number of carbonyl (C=O) groups is 2. The molecule has 42 heavy (non-hydrogen) atoms. The molecule has 222 valence electrons. The van der Waals surface area contributed by atoms with Crippen molar-refractivity contribution in [2.75, 3.05) is 29.4 Å². The summed E-state index contributed by atoms with van der Waals surface area (Å²) in [5.74, 6) is -2.11. The van der Waals surface area contributed by atoms with E-state index < -0.39 is 60.5 Å².